The van der Waals surface area contributed by atoms with Crippen LogP contribution < -0.4 is 5.32 Å². The van der Waals surface area contributed by atoms with Crippen molar-refractivity contribution < 1.29 is 4.79 Å². The molecule has 2 rings (SSSR count). The van der Waals surface area contributed by atoms with Crippen molar-refractivity contribution in [1.29, 1.82) is 10.5 Å². The van der Waals surface area contributed by atoms with Crippen molar-refractivity contribution in [1.82, 2.24) is 0 Å². The lowest BCUT2D eigenvalue weighted by Gasteiger charge is -2.07. The fourth-order valence-electron chi connectivity index (χ4n) is 1.68. The Morgan fingerprint density at radius 2 is 1.75 bits per heavy atom. The molecule has 1 N–H and O–H groups in total. The number of benzene rings is 2. The summed E-state index contributed by atoms with van der Waals surface area (Å²) in [6.45, 7) is 0. The number of nitrogens with zero attached hydrogens (tertiary/aromatic N) is 2. The number of thiol groups is 1. The van der Waals surface area contributed by atoms with Crippen molar-refractivity contribution in [2.24, 2.45) is 0 Å². The maximum absolute atomic E-state index is 12.1. The third kappa shape index (κ3) is 2.80. The van der Waals surface area contributed by atoms with E-state index in [1.54, 1.807) is 30.3 Å². The molecule has 2 aromatic rings. The average molecular weight is 279 g/mol. The lowest BCUT2D eigenvalue weighted by Crippen LogP contribution is -2.12. The summed E-state index contributed by atoms with van der Waals surface area (Å²) in [5, 5.41) is 20.5. The lowest BCUT2D eigenvalue weighted by molar-refractivity contribution is 0.102. The maximum Gasteiger partial charge on any atom is 0.256 e. The number of hydrogen-bond donors (Lipinski definition) is 2. The lowest BCUT2D eigenvalue weighted by atomic mass is 10.1. The molecular weight excluding hydrogens is 270 g/mol. The maximum atomic E-state index is 12.1. The number of rotatable bonds is 2. The zero-order valence-electron chi connectivity index (χ0n) is 10.3. The SMILES string of the molecule is N#Cc1ccc(NC(=O)c2ccccc2S)cc1C#N. The van der Waals surface area contributed by atoms with E-state index in [0.29, 0.717) is 16.1 Å². The number of nitrogens with one attached hydrogen (secondary N) is 1. The third-order valence-corrected chi connectivity index (χ3v) is 3.06. The van der Waals surface area contributed by atoms with Gasteiger partial charge in [-0.25, -0.2) is 0 Å². The van der Waals surface area contributed by atoms with Crippen LogP contribution in [-0.2, 0) is 0 Å². The third-order valence-electron chi connectivity index (χ3n) is 2.67. The number of hydrogen-bond acceptors (Lipinski definition) is 4. The highest BCUT2D eigenvalue weighted by atomic mass is 32.1. The molecule has 0 unspecified atom stereocenters. The summed E-state index contributed by atoms with van der Waals surface area (Å²) in [6, 6.07) is 15.3. The number of anilines is 1. The van der Waals surface area contributed by atoms with Gasteiger partial charge in [-0.05, 0) is 30.3 Å². The first kappa shape index (κ1) is 13.7. The molecule has 0 fully saturated rings. The van der Waals surface area contributed by atoms with Crippen molar-refractivity contribution >= 4 is 24.2 Å². The Labute approximate surface area is 121 Å². The number of nitriles is 2. The van der Waals surface area contributed by atoms with E-state index in [-0.39, 0.29) is 17.0 Å². The Balaban J connectivity index is 2.28. The van der Waals surface area contributed by atoms with Crippen molar-refractivity contribution in [3.8, 4) is 12.1 Å². The van der Waals surface area contributed by atoms with Crippen LogP contribution in [0.15, 0.2) is 47.4 Å². The Hall–Kier alpha value is -2.76. The van der Waals surface area contributed by atoms with Gasteiger partial charge in [0.25, 0.3) is 5.91 Å². The molecule has 5 heteroatoms. The van der Waals surface area contributed by atoms with E-state index in [4.69, 9.17) is 10.5 Å². The summed E-state index contributed by atoms with van der Waals surface area (Å²) in [7, 11) is 0. The molecule has 0 spiro atoms. The van der Waals surface area contributed by atoms with E-state index in [0.717, 1.165) is 0 Å². The molecule has 0 aliphatic heterocycles. The van der Waals surface area contributed by atoms with Crippen molar-refractivity contribution in [2.75, 3.05) is 5.32 Å². The molecule has 2 aromatic carbocycles. The smallest absolute Gasteiger partial charge is 0.256 e. The predicted octanol–water partition coefficient (Wildman–Crippen LogP) is 2.97. The van der Waals surface area contributed by atoms with Gasteiger partial charge in [0.05, 0.1) is 16.7 Å². The van der Waals surface area contributed by atoms with Crippen LogP contribution in [0, 0.1) is 22.7 Å². The summed E-state index contributed by atoms with van der Waals surface area (Å²) >= 11 is 4.22. The number of carbonyl (C=O) groups is 1. The highest BCUT2D eigenvalue weighted by molar-refractivity contribution is 7.80. The highest BCUT2D eigenvalue weighted by Crippen LogP contribution is 2.18. The molecule has 0 aromatic heterocycles. The molecule has 0 heterocycles. The molecule has 0 saturated heterocycles. The van der Waals surface area contributed by atoms with Crippen molar-refractivity contribution in [3.63, 3.8) is 0 Å². The molecule has 1 amide bonds. The van der Waals surface area contributed by atoms with Gasteiger partial charge in [-0.2, -0.15) is 10.5 Å². The molecular formula is C15H9N3OS. The molecule has 96 valence electrons. The summed E-state index contributed by atoms with van der Waals surface area (Å²) in [5.41, 5.74) is 1.41. The van der Waals surface area contributed by atoms with Gasteiger partial charge >= 0.3 is 0 Å². The van der Waals surface area contributed by atoms with Crippen LogP contribution in [-0.4, -0.2) is 5.91 Å². The molecule has 20 heavy (non-hydrogen) atoms. The minimum absolute atomic E-state index is 0.226. The zero-order chi connectivity index (χ0) is 14.5. The summed E-state index contributed by atoms with van der Waals surface area (Å²) in [6.07, 6.45) is 0. The fourth-order valence-corrected chi connectivity index (χ4v) is 1.94. The minimum Gasteiger partial charge on any atom is -0.322 e. The minimum atomic E-state index is -0.316. The van der Waals surface area contributed by atoms with E-state index in [1.807, 2.05) is 12.1 Å². The van der Waals surface area contributed by atoms with Crippen molar-refractivity contribution in [2.45, 2.75) is 4.90 Å². The van der Waals surface area contributed by atoms with Crippen LogP contribution in [0.2, 0.25) is 0 Å². The zero-order valence-corrected chi connectivity index (χ0v) is 11.2. The molecule has 0 aliphatic carbocycles. The quantitative estimate of drug-likeness (QED) is 0.830. The second-order valence-electron chi connectivity index (χ2n) is 3.96. The first-order chi connectivity index (χ1) is 9.65. The number of amides is 1. The van der Waals surface area contributed by atoms with Gasteiger partial charge in [0.15, 0.2) is 0 Å². The molecule has 0 saturated carbocycles. The number of carbonyl (C=O) groups excluding carboxylic acids is 1. The van der Waals surface area contributed by atoms with Gasteiger partial charge < -0.3 is 5.32 Å². The topological polar surface area (TPSA) is 76.7 Å². The van der Waals surface area contributed by atoms with Crippen molar-refractivity contribution in [3.05, 3.63) is 59.2 Å². The molecule has 0 atom stereocenters. The molecule has 4 nitrogen and oxygen atoms in total. The van der Waals surface area contributed by atoms with Crippen LogP contribution in [0.5, 0.6) is 0 Å². The van der Waals surface area contributed by atoms with Crippen LogP contribution in [0.1, 0.15) is 21.5 Å². The van der Waals surface area contributed by atoms with E-state index in [9.17, 15) is 4.79 Å². The molecule has 0 bridgehead atoms. The summed E-state index contributed by atoms with van der Waals surface area (Å²) in [4.78, 5) is 12.6. The van der Waals surface area contributed by atoms with Crippen LogP contribution in [0.4, 0.5) is 5.69 Å². The standard InChI is InChI=1S/C15H9N3OS/c16-8-10-5-6-12(7-11(10)9-17)18-15(19)13-3-1-2-4-14(13)20/h1-7,20H,(H,18,19). The highest BCUT2D eigenvalue weighted by Gasteiger charge is 2.10. The first-order valence-electron chi connectivity index (χ1n) is 5.69. The van der Waals surface area contributed by atoms with Gasteiger partial charge in [0.2, 0.25) is 0 Å². The second-order valence-corrected chi connectivity index (χ2v) is 4.44. The summed E-state index contributed by atoms with van der Waals surface area (Å²) in [5.74, 6) is -0.316. The van der Waals surface area contributed by atoms with Crippen LogP contribution >= 0.6 is 12.6 Å². The van der Waals surface area contributed by atoms with Gasteiger partial charge in [-0.1, -0.05) is 12.1 Å². The van der Waals surface area contributed by atoms with E-state index in [2.05, 4.69) is 17.9 Å². The van der Waals surface area contributed by atoms with Crippen LogP contribution in [0.3, 0.4) is 0 Å². The Bertz CT molecular complexity index is 756. The Morgan fingerprint density at radius 1 is 1.05 bits per heavy atom. The average Bonchev–Trinajstić information content (AvgIpc) is 2.47. The van der Waals surface area contributed by atoms with Gasteiger partial charge in [-0.15, -0.1) is 12.6 Å². The van der Waals surface area contributed by atoms with E-state index < -0.39 is 0 Å². The predicted molar refractivity (Wildman–Crippen MR) is 77.5 cm³/mol. The van der Waals surface area contributed by atoms with Gasteiger partial charge in [-0.3, -0.25) is 4.79 Å². The molecule has 0 radical (unpaired) electrons. The second kappa shape index (κ2) is 5.92. The monoisotopic (exact) mass is 279 g/mol. The van der Waals surface area contributed by atoms with Gasteiger partial charge in [0.1, 0.15) is 12.1 Å². The first-order valence-corrected chi connectivity index (χ1v) is 6.14. The molecule has 0 aliphatic rings. The Morgan fingerprint density at radius 3 is 2.40 bits per heavy atom. The van der Waals surface area contributed by atoms with Crippen LogP contribution in [0.25, 0.3) is 0 Å². The van der Waals surface area contributed by atoms with E-state index in [1.165, 1.54) is 12.1 Å². The van der Waals surface area contributed by atoms with Gasteiger partial charge in [0, 0.05) is 10.6 Å². The largest absolute Gasteiger partial charge is 0.322 e. The fraction of sp³-hybridized carbons (Fsp3) is 0. The summed E-state index contributed by atoms with van der Waals surface area (Å²) < 4.78 is 0. The normalized spacial score (nSPS) is 9.35. The van der Waals surface area contributed by atoms with E-state index >= 15 is 0 Å². The Kier molecular flexibility index (Phi) is 4.05.